The zero-order valence-electron chi connectivity index (χ0n) is 12.7. The minimum atomic E-state index is 0.0838. The number of rotatable bonds is 4. The largest absolute Gasteiger partial charge is 0.372 e. The van der Waals surface area contributed by atoms with E-state index in [9.17, 15) is 0 Å². The van der Waals surface area contributed by atoms with E-state index in [0.717, 1.165) is 18.7 Å². The van der Waals surface area contributed by atoms with Crippen molar-refractivity contribution in [2.45, 2.75) is 44.2 Å². The van der Waals surface area contributed by atoms with E-state index in [1.807, 2.05) is 24.0 Å². The van der Waals surface area contributed by atoms with Crippen LogP contribution in [0.2, 0.25) is 0 Å². The highest BCUT2D eigenvalue weighted by Gasteiger charge is 2.31. The molecule has 2 atom stereocenters. The topological polar surface area (TPSA) is 77.5 Å². The molecule has 6 heteroatoms. The van der Waals surface area contributed by atoms with Gasteiger partial charge in [0.05, 0.1) is 5.69 Å². The lowest BCUT2D eigenvalue weighted by molar-refractivity contribution is 0.0859. The van der Waals surface area contributed by atoms with Gasteiger partial charge in [0.15, 0.2) is 5.96 Å². The average Bonchev–Trinajstić information content (AvgIpc) is 3.17. The Kier molecular flexibility index (Phi) is 4.43. The molecule has 2 fully saturated rings. The minimum absolute atomic E-state index is 0.0838. The number of ether oxygens (including phenoxy) is 1. The Morgan fingerprint density at radius 3 is 3.00 bits per heavy atom. The molecule has 116 valence electrons. The summed E-state index contributed by atoms with van der Waals surface area (Å²) in [5.41, 5.74) is 7.13. The molecule has 3 rings (SSSR count). The summed E-state index contributed by atoms with van der Waals surface area (Å²) < 4.78 is 7.75. The lowest BCUT2D eigenvalue weighted by atomic mass is 9.99. The van der Waals surface area contributed by atoms with E-state index in [-0.39, 0.29) is 6.10 Å². The summed E-state index contributed by atoms with van der Waals surface area (Å²) in [7, 11) is 1.95. The number of hydrogen-bond donors (Lipinski definition) is 2. The van der Waals surface area contributed by atoms with Gasteiger partial charge in [-0.05, 0) is 25.3 Å². The Balaban J connectivity index is 1.57. The molecule has 1 aromatic rings. The van der Waals surface area contributed by atoms with Crippen LogP contribution in [-0.4, -0.2) is 34.9 Å². The zero-order valence-corrected chi connectivity index (χ0v) is 12.7. The lowest BCUT2D eigenvalue weighted by Gasteiger charge is -2.18. The smallest absolute Gasteiger partial charge is 0.188 e. The van der Waals surface area contributed by atoms with Gasteiger partial charge in [-0.1, -0.05) is 12.8 Å². The van der Waals surface area contributed by atoms with Crippen LogP contribution in [0.1, 0.15) is 43.9 Å². The SMILES string of the molecule is Cn1nccc1[C@@H]1OCC[C@H]1CN=C(N)NC1CCCC1. The van der Waals surface area contributed by atoms with Gasteiger partial charge in [0, 0.05) is 38.4 Å². The second-order valence-corrected chi connectivity index (χ2v) is 6.07. The molecule has 1 aliphatic heterocycles. The molecule has 2 heterocycles. The third-order valence-corrected chi connectivity index (χ3v) is 4.57. The summed E-state index contributed by atoms with van der Waals surface area (Å²) in [5.74, 6) is 0.960. The number of guanidine groups is 1. The van der Waals surface area contributed by atoms with Crippen LogP contribution in [-0.2, 0) is 11.8 Å². The van der Waals surface area contributed by atoms with E-state index in [1.54, 1.807) is 0 Å². The van der Waals surface area contributed by atoms with Crippen LogP contribution < -0.4 is 11.1 Å². The number of nitrogens with one attached hydrogen (secondary N) is 1. The summed E-state index contributed by atoms with van der Waals surface area (Å²) >= 11 is 0. The number of aryl methyl sites for hydroxylation is 1. The van der Waals surface area contributed by atoms with Crippen molar-refractivity contribution in [1.29, 1.82) is 0 Å². The summed E-state index contributed by atoms with van der Waals surface area (Å²) in [5, 5.41) is 7.56. The Hall–Kier alpha value is -1.56. The monoisotopic (exact) mass is 291 g/mol. The maximum atomic E-state index is 6.01. The number of aliphatic imine (C=N–C) groups is 1. The molecule has 3 N–H and O–H groups in total. The summed E-state index contributed by atoms with van der Waals surface area (Å²) in [4.78, 5) is 4.53. The second kappa shape index (κ2) is 6.47. The number of nitrogens with two attached hydrogens (primary N) is 1. The summed E-state index contributed by atoms with van der Waals surface area (Å²) in [6.07, 6.45) is 7.93. The second-order valence-electron chi connectivity index (χ2n) is 6.07. The van der Waals surface area contributed by atoms with Crippen molar-refractivity contribution in [3.63, 3.8) is 0 Å². The van der Waals surface area contributed by atoms with Crippen LogP contribution in [0.15, 0.2) is 17.3 Å². The van der Waals surface area contributed by atoms with Gasteiger partial charge in [-0.3, -0.25) is 9.67 Å². The fraction of sp³-hybridized carbons (Fsp3) is 0.733. The van der Waals surface area contributed by atoms with E-state index < -0.39 is 0 Å². The van der Waals surface area contributed by atoms with E-state index in [4.69, 9.17) is 10.5 Å². The number of hydrogen-bond acceptors (Lipinski definition) is 3. The van der Waals surface area contributed by atoms with Gasteiger partial charge in [0.25, 0.3) is 0 Å². The molecule has 1 saturated carbocycles. The fourth-order valence-electron chi connectivity index (χ4n) is 3.35. The van der Waals surface area contributed by atoms with E-state index in [2.05, 4.69) is 15.4 Å². The Labute approximate surface area is 125 Å². The molecular weight excluding hydrogens is 266 g/mol. The van der Waals surface area contributed by atoms with Gasteiger partial charge < -0.3 is 15.8 Å². The molecule has 0 spiro atoms. The molecule has 0 bridgehead atoms. The standard InChI is InChI=1S/C15H25N5O/c1-20-13(6-8-18-20)14-11(7-9-21-14)10-17-15(16)19-12-4-2-3-5-12/h6,8,11-12,14H,2-5,7,9-10H2,1H3,(H3,16,17,19)/t11-,14+/m0/s1. The van der Waals surface area contributed by atoms with Crippen molar-refractivity contribution in [2.75, 3.05) is 13.2 Å². The van der Waals surface area contributed by atoms with Crippen molar-refractivity contribution in [3.05, 3.63) is 18.0 Å². The van der Waals surface area contributed by atoms with Crippen molar-refractivity contribution in [3.8, 4) is 0 Å². The predicted octanol–water partition coefficient (Wildman–Crippen LogP) is 1.34. The van der Waals surface area contributed by atoms with Gasteiger partial charge in [0.1, 0.15) is 6.10 Å². The Bertz CT molecular complexity index is 492. The van der Waals surface area contributed by atoms with E-state index in [0.29, 0.717) is 24.5 Å². The number of aromatic nitrogens is 2. The first-order chi connectivity index (χ1) is 10.2. The zero-order chi connectivity index (χ0) is 14.7. The van der Waals surface area contributed by atoms with Crippen molar-refractivity contribution >= 4 is 5.96 Å². The van der Waals surface area contributed by atoms with Crippen molar-refractivity contribution in [2.24, 2.45) is 23.7 Å². The highest BCUT2D eigenvalue weighted by atomic mass is 16.5. The van der Waals surface area contributed by atoms with Crippen LogP contribution in [0, 0.1) is 5.92 Å². The fourth-order valence-corrected chi connectivity index (χ4v) is 3.35. The third-order valence-electron chi connectivity index (χ3n) is 4.57. The van der Waals surface area contributed by atoms with Crippen molar-refractivity contribution in [1.82, 2.24) is 15.1 Å². The van der Waals surface area contributed by atoms with Gasteiger partial charge in [-0.2, -0.15) is 5.10 Å². The van der Waals surface area contributed by atoms with E-state index >= 15 is 0 Å². The number of nitrogens with zero attached hydrogens (tertiary/aromatic N) is 3. The first-order valence-corrected chi connectivity index (χ1v) is 7.90. The minimum Gasteiger partial charge on any atom is -0.372 e. The first-order valence-electron chi connectivity index (χ1n) is 7.90. The normalized spacial score (nSPS) is 27.4. The average molecular weight is 291 g/mol. The summed E-state index contributed by atoms with van der Waals surface area (Å²) in [6.45, 7) is 1.49. The van der Waals surface area contributed by atoms with Crippen molar-refractivity contribution < 1.29 is 4.74 Å². The molecular formula is C15H25N5O. The molecule has 0 aromatic carbocycles. The molecule has 1 aliphatic carbocycles. The molecule has 1 aromatic heterocycles. The molecule has 6 nitrogen and oxygen atoms in total. The maximum Gasteiger partial charge on any atom is 0.188 e. The van der Waals surface area contributed by atoms with Crippen LogP contribution in [0.25, 0.3) is 0 Å². The van der Waals surface area contributed by atoms with Gasteiger partial charge in [0.2, 0.25) is 0 Å². The Morgan fingerprint density at radius 1 is 1.48 bits per heavy atom. The highest BCUT2D eigenvalue weighted by molar-refractivity contribution is 5.78. The van der Waals surface area contributed by atoms with Crippen LogP contribution in [0.3, 0.4) is 0 Å². The highest BCUT2D eigenvalue weighted by Crippen LogP contribution is 2.34. The first kappa shape index (κ1) is 14.4. The summed E-state index contributed by atoms with van der Waals surface area (Å²) in [6, 6.07) is 2.54. The molecule has 0 amide bonds. The van der Waals surface area contributed by atoms with Crippen LogP contribution >= 0.6 is 0 Å². The predicted molar refractivity (Wildman–Crippen MR) is 81.9 cm³/mol. The quantitative estimate of drug-likeness (QED) is 0.648. The van der Waals surface area contributed by atoms with Crippen LogP contribution in [0.5, 0.6) is 0 Å². The molecule has 0 unspecified atom stereocenters. The van der Waals surface area contributed by atoms with Gasteiger partial charge in [-0.25, -0.2) is 0 Å². The Morgan fingerprint density at radius 2 is 2.29 bits per heavy atom. The molecule has 2 aliphatic rings. The van der Waals surface area contributed by atoms with Gasteiger partial charge >= 0.3 is 0 Å². The molecule has 1 saturated heterocycles. The molecule has 0 radical (unpaired) electrons. The molecule has 21 heavy (non-hydrogen) atoms. The van der Waals surface area contributed by atoms with Crippen LogP contribution in [0.4, 0.5) is 0 Å². The van der Waals surface area contributed by atoms with Gasteiger partial charge in [-0.15, -0.1) is 0 Å². The van der Waals surface area contributed by atoms with E-state index in [1.165, 1.54) is 25.7 Å². The maximum absolute atomic E-state index is 6.01. The lowest BCUT2D eigenvalue weighted by Crippen LogP contribution is -2.39. The third kappa shape index (κ3) is 3.37.